The molecular weight excluding hydrogens is 222 g/mol. The predicted molar refractivity (Wildman–Crippen MR) is 76.7 cm³/mol. The zero-order chi connectivity index (χ0) is 13.2. The lowest BCUT2D eigenvalue weighted by molar-refractivity contribution is 0.303. The number of hydrogen-bond donors (Lipinski definition) is 1. The number of rotatable bonds is 6. The van der Waals surface area contributed by atoms with Gasteiger partial charge in [-0.1, -0.05) is 38.0 Å². The van der Waals surface area contributed by atoms with E-state index in [0.29, 0.717) is 6.54 Å². The minimum atomic E-state index is 0.398. The second kappa shape index (κ2) is 8.60. The van der Waals surface area contributed by atoms with Crippen LogP contribution < -0.4 is 10.5 Å². The lowest BCUT2D eigenvalue weighted by Crippen LogP contribution is -1.99. The van der Waals surface area contributed by atoms with E-state index in [1.165, 1.54) is 19.3 Å². The summed E-state index contributed by atoms with van der Waals surface area (Å²) in [5.41, 5.74) is 7.48. The van der Waals surface area contributed by atoms with E-state index in [9.17, 15) is 0 Å². The monoisotopic (exact) mass is 245 g/mol. The van der Waals surface area contributed by atoms with Gasteiger partial charge in [0, 0.05) is 5.56 Å². The molecule has 1 aromatic carbocycles. The third kappa shape index (κ3) is 5.25. The Morgan fingerprint density at radius 2 is 2.06 bits per heavy atom. The van der Waals surface area contributed by atoms with E-state index in [4.69, 9.17) is 10.5 Å². The Bertz CT molecular complexity index is 415. The van der Waals surface area contributed by atoms with E-state index < -0.39 is 0 Å². The fourth-order valence-corrected chi connectivity index (χ4v) is 1.75. The van der Waals surface area contributed by atoms with Crippen LogP contribution in [0.5, 0.6) is 5.75 Å². The van der Waals surface area contributed by atoms with Crippen molar-refractivity contribution in [1.82, 2.24) is 0 Å². The van der Waals surface area contributed by atoms with Gasteiger partial charge in [-0.3, -0.25) is 0 Å². The maximum absolute atomic E-state index is 5.77. The molecule has 0 amide bonds. The molecule has 18 heavy (non-hydrogen) atoms. The van der Waals surface area contributed by atoms with Crippen molar-refractivity contribution in [2.24, 2.45) is 5.73 Å². The average molecular weight is 245 g/mol. The maximum Gasteiger partial charge on any atom is 0.122 e. The molecule has 0 fully saturated rings. The maximum atomic E-state index is 5.77. The summed E-state index contributed by atoms with van der Waals surface area (Å²) in [4.78, 5) is 0. The van der Waals surface area contributed by atoms with Crippen molar-refractivity contribution in [3.63, 3.8) is 0 Å². The highest BCUT2D eigenvalue weighted by Gasteiger charge is 2.00. The molecule has 0 radical (unpaired) electrons. The molecule has 0 aliphatic rings. The summed E-state index contributed by atoms with van der Waals surface area (Å²) in [6.45, 7) is 5.46. The smallest absolute Gasteiger partial charge is 0.122 e. The van der Waals surface area contributed by atoms with Crippen LogP contribution in [0.4, 0.5) is 0 Å². The summed E-state index contributed by atoms with van der Waals surface area (Å²) >= 11 is 0. The fraction of sp³-hybridized carbons (Fsp3) is 0.500. The minimum Gasteiger partial charge on any atom is -0.493 e. The molecule has 0 aromatic heterocycles. The highest BCUT2D eigenvalue weighted by atomic mass is 16.5. The third-order valence-corrected chi connectivity index (χ3v) is 2.77. The zero-order valence-electron chi connectivity index (χ0n) is 11.5. The summed E-state index contributed by atoms with van der Waals surface area (Å²) in [6, 6.07) is 6.02. The summed E-state index contributed by atoms with van der Waals surface area (Å²) in [5, 5.41) is 0. The predicted octanol–water partition coefficient (Wildman–Crippen LogP) is 3.26. The molecular formula is C16H23NO. The van der Waals surface area contributed by atoms with Crippen LogP contribution in [0.3, 0.4) is 0 Å². The van der Waals surface area contributed by atoms with Crippen LogP contribution in [0.15, 0.2) is 18.2 Å². The lowest BCUT2D eigenvalue weighted by atomic mass is 10.1. The Labute approximate surface area is 111 Å². The van der Waals surface area contributed by atoms with Crippen LogP contribution in [0.25, 0.3) is 0 Å². The molecule has 0 saturated heterocycles. The quantitative estimate of drug-likeness (QED) is 0.616. The van der Waals surface area contributed by atoms with Crippen LogP contribution in [-0.4, -0.2) is 13.2 Å². The van der Waals surface area contributed by atoms with Gasteiger partial charge in [0.05, 0.1) is 13.2 Å². The van der Waals surface area contributed by atoms with E-state index in [-0.39, 0.29) is 0 Å². The summed E-state index contributed by atoms with van der Waals surface area (Å²) in [6.07, 6.45) is 4.92. The zero-order valence-corrected chi connectivity index (χ0v) is 11.5. The molecule has 0 aliphatic carbocycles. The molecule has 2 nitrogen and oxygen atoms in total. The van der Waals surface area contributed by atoms with Crippen LogP contribution in [0, 0.1) is 18.8 Å². The average Bonchev–Trinajstić information content (AvgIpc) is 2.38. The molecule has 98 valence electrons. The molecule has 2 N–H and O–H groups in total. The van der Waals surface area contributed by atoms with Gasteiger partial charge < -0.3 is 10.5 Å². The molecule has 0 bridgehead atoms. The Morgan fingerprint density at radius 1 is 1.22 bits per heavy atom. The first-order valence-corrected chi connectivity index (χ1v) is 6.70. The van der Waals surface area contributed by atoms with Gasteiger partial charge in [0.1, 0.15) is 5.75 Å². The van der Waals surface area contributed by atoms with Crippen molar-refractivity contribution in [2.45, 2.75) is 39.5 Å². The van der Waals surface area contributed by atoms with Gasteiger partial charge in [0.15, 0.2) is 0 Å². The van der Waals surface area contributed by atoms with Crippen molar-refractivity contribution >= 4 is 0 Å². The van der Waals surface area contributed by atoms with Crippen molar-refractivity contribution < 1.29 is 4.74 Å². The second-order valence-electron chi connectivity index (χ2n) is 4.40. The van der Waals surface area contributed by atoms with E-state index in [1.807, 2.05) is 18.2 Å². The van der Waals surface area contributed by atoms with Crippen LogP contribution in [-0.2, 0) is 0 Å². The van der Waals surface area contributed by atoms with E-state index in [0.717, 1.165) is 29.9 Å². The van der Waals surface area contributed by atoms with E-state index in [1.54, 1.807) is 0 Å². The fourth-order valence-electron chi connectivity index (χ4n) is 1.75. The van der Waals surface area contributed by atoms with Crippen LogP contribution in [0.1, 0.15) is 43.7 Å². The number of hydrogen-bond acceptors (Lipinski definition) is 2. The summed E-state index contributed by atoms with van der Waals surface area (Å²) < 4.78 is 5.77. The highest BCUT2D eigenvalue weighted by Crippen LogP contribution is 2.19. The molecule has 0 spiro atoms. The van der Waals surface area contributed by atoms with Gasteiger partial charge in [-0.05, 0) is 37.1 Å². The molecule has 0 unspecified atom stereocenters. The van der Waals surface area contributed by atoms with Crippen molar-refractivity contribution in [3.8, 4) is 17.6 Å². The van der Waals surface area contributed by atoms with Crippen molar-refractivity contribution in [2.75, 3.05) is 13.2 Å². The SMILES string of the molecule is CCCCCCOc1ccc(C#CCN)cc1C. The van der Waals surface area contributed by atoms with Crippen molar-refractivity contribution in [3.05, 3.63) is 29.3 Å². The number of ether oxygens (including phenoxy) is 1. The first kappa shape index (κ1) is 14.6. The molecule has 0 atom stereocenters. The topological polar surface area (TPSA) is 35.2 Å². The van der Waals surface area contributed by atoms with Gasteiger partial charge in [-0.2, -0.15) is 0 Å². The van der Waals surface area contributed by atoms with Gasteiger partial charge in [0.2, 0.25) is 0 Å². The van der Waals surface area contributed by atoms with Gasteiger partial charge >= 0.3 is 0 Å². The Balaban J connectivity index is 2.47. The van der Waals surface area contributed by atoms with Gasteiger partial charge in [0.25, 0.3) is 0 Å². The molecule has 0 saturated carbocycles. The first-order chi connectivity index (χ1) is 8.77. The van der Waals surface area contributed by atoms with E-state index >= 15 is 0 Å². The second-order valence-corrected chi connectivity index (χ2v) is 4.40. The Morgan fingerprint density at radius 3 is 2.72 bits per heavy atom. The number of aryl methyl sites for hydroxylation is 1. The largest absolute Gasteiger partial charge is 0.493 e. The van der Waals surface area contributed by atoms with Crippen LogP contribution in [0.2, 0.25) is 0 Å². The summed E-state index contributed by atoms with van der Waals surface area (Å²) in [7, 11) is 0. The molecule has 1 aromatic rings. The lowest BCUT2D eigenvalue weighted by Gasteiger charge is -2.09. The highest BCUT2D eigenvalue weighted by molar-refractivity contribution is 5.43. The minimum absolute atomic E-state index is 0.398. The Kier molecular flexibility index (Phi) is 6.98. The number of benzene rings is 1. The summed E-state index contributed by atoms with van der Waals surface area (Å²) in [5.74, 6) is 6.84. The van der Waals surface area contributed by atoms with Gasteiger partial charge in [-0.15, -0.1) is 0 Å². The molecule has 2 heteroatoms. The molecule has 1 rings (SSSR count). The molecule has 0 heterocycles. The standard InChI is InChI=1S/C16H23NO/c1-3-4-5-6-12-18-16-10-9-15(8-7-11-17)13-14(16)2/h9-10,13H,3-6,11-12,17H2,1-2H3. The first-order valence-electron chi connectivity index (χ1n) is 6.70. The normalized spacial score (nSPS) is 9.72. The number of unbranched alkanes of at least 4 members (excludes halogenated alkanes) is 3. The third-order valence-electron chi connectivity index (χ3n) is 2.77. The van der Waals surface area contributed by atoms with Crippen molar-refractivity contribution in [1.29, 1.82) is 0 Å². The molecule has 0 aliphatic heterocycles. The van der Waals surface area contributed by atoms with Gasteiger partial charge in [-0.25, -0.2) is 0 Å². The van der Waals surface area contributed by atoms with E-state index in [2.05, 4.69) is 25.7 Å². The number of nitrogens with two attached hydrogens (primary N) is 1. The Hall–Kier alpha value is -1.46. The van der Waals surface area contributed by atoms with Crippen LogP contribution >= 0.6 is 0 Å².